The van der Waals surface area contributed by atoms with Gasteiger partial charge in [0.25, 0.3) is 5.91 Å². The van der Waals surface area contributed by atoms with Crippen molar-refractivity contribution < 1.29 is 14.6 Å². The SMILES string of the molecule is COc1c(C(=O)N2C3CCC2CC(O)C3)sc(C)c1Br. The van der Waals surface area contributed by atoms with Crippen molar-refractivity contribution in [2.45, 2.75) is 50.8 Å². The fourth-order valence-electron chi connectivity index (χ4n) is 3.42. The molecule has 2 aliphatic rings. The van der Waals surface area contributed by atoms with Crippen LogP contribution in [-0.2, 0) is 0 Å². The molecule has 1 N–H and O–H groups in total. The topological polar surface area (TPSA) is 49.8 Å². The van der Waals surface area contributed by atoms with Crippen LogP contribution in [-0.4, -0.2) is 41.2 Å². The second-order valence-electron chi connectivity index (χ2n) is 5.56. The van der Waals surface area contributed by atoms with Crippen molar-refractivity contribution in [1.29, 1.82) is 0 Å². The van der Waals surface area contributed by atoms with Crippen LogP contribution in [0.2, 0.25) is 0 Å². The van der Waals surface area contributed by atoms with Crippen molar-refractivity contribution in [3.05, 3.63) is 14.2 Å². The summed E-state index contributed by atoms with van der Waals surface area (Å²) >= 11 is 4.96. The first kappa shape index (κ1) is 14.4. The Hall–Kier alpha value is -0.590. The number of carbonyl (C=O) groups excluding carboxylic acids is 1. The third-order valence-corrected chi connectivity index (χ3v) is 6.60. The maximum atomic E-state index is 12.9. The molecule has 4 nitrogen and oxygen atoms in total. The molecule has 2 aliphatic heterocycles. The maximum Gasteiger partial charge on any atom is 0.268 e. The number of methoxy groups -OCH3 is 1. The summed E-state index contributed by atoms with van der Waals surface area (Å²) in [6.07, 6.45) is 3.16. The zero-order valence-corrected chi connectivity index (χ0v) is 14.0. The maximum absolute atomic E-state index is 12.9. The molecule has 2 bridgehead atoms. The number of aliphatic hydroxyl groups is 1. The Bertz CT molecular complexity index is 531. The van der Waals surface area contributed by atoms with E-state index in [-0.39, 0.29) is 24.1 Å². The van der Waals surface area contributed by atoms with E-state index in [1.807, 2.05) is 11.8 Å². The summed E-state index contributed by atoms with van der Waals surface area (Å²) in [4.78, 5) is 16.6. The molecule has 1 aromatic rings. The summed E-state index contributed by atoms with van der Waals surface area (Å²) in [5.41, 5.74) is 0. The lowest BCUT2D eigenvalue weighted by Gasteiger charge is -2.37. The quantitative estimate of drug-likeness (QED) is 0.882. The van der Waals surface area contributed by atoms with E-state index in [0.29, 0.717) is 23.5 Å². The van der Waals surface area contributed by atoms with E-state index in [9.17, 15) is 9.90 Å². The number of ether oxygens (including phenoxy) is 1. The summed E-state index contributed by atoms with van der Waals surface area (Å²) in [5.74, 6) is 0.697. The summed E-state index contributed by atoms with van der Waals surface area (Å²) in [6, 6.07) is 0.365. The molecule has 6 heteroatoms. The number of thiophene rings is 1. The largest absolute Gasteiger partial charge is 0.494 e. The molecule has 3 heterocycles. The second-order valence-corrected chi connectivity index (χ2v) is 7.57. The van der Waals surface area contributed by atoms with E-state index < -0.39 is 0 Å². The Labute approximate surface area is 130 Å². The second kappa shape index (κ2) is 5.31. The molecule has 2 unspecified atom stereocenters. The van der Waals surface area contributed by atoms with E-state index in [4.69, 9.17) is 4.74 Å². The predicted octanol–water partition coefficient (Wildman–Crippen LogP) is 2.96. The van der Waals surface area contributed by atoms with Crippen LogP contribution in [0.1, 0.15) is 40.2 Å². The minimum Gasteiger partial charge on any atom is -0.494 e. The molecule has 1 aromatic heterocycles. The van der Waals surface area contributed by atoms with Crippen LogP contribution in [0.5, 0.6) is 5.75 Å². The van der Waals surface area contributed by atoms with Crippen LogP contribution in [0, 0.1) is 6.92 Å². The predicted molar refractivity (Wildman–Crippen MR) is 81.5 cm³/mol. The van der Waals surface area contributed by atoms with E-state index >= 15 is 0 Å². The number of nitrogens with zero attached hydrogens (tertiary/aromatic N) is 1. The first-order chi connectivity index (χ1) is 9.52. The van der Waals surface area contributed by atoms with E-state index in [1.54, 1.807) is 7.11 Å². The Kier molecular flexibility index (Phi) is 3.81. The average Bonchev–Trinajstić information content (AvgIpc) is 2.85. The van der Waals surface area contributed by atoms with Gasteiger partial charge in [0.15, 0.2) is 5.75 Å². The molecular formula is C14H18BrNO3S. The summed E-state index contributed by atoms with van der Waals surface area (Å²) in [5, 5.41) is 9.84. The van der Waals surface area contributed by atoms with E-state index in [0.717, 1.165) is 22.2 Å². The van der Waals surface area contributed by atoms with Gasteiger partial charge in [-0.3, -0.25) is 4.79 Å². The van der Waals surface area contributed by atoms with Gasteiger partial charge < -0.3 is 14.7 Å². The van der Waals surface area contributed by atoms with Gasteiger partial charge in [-0.05, 0) is 48.5 Å². The van der Waals surface area contributed by atoms with Crippen LogP contribution in [0.15, 0.2) is 4.47 Å². The van der Waals surface area contributed by atoms with E-state index in [2.05, 4.69) is 15.9 Å². The summed E-state index contributed by atoms with van der Waals surface area (Å²) in [7, 11) is 1.59. The number of rotatable bonds is 2. The van der Waals surface area contributed by atoms with Gasteiger partial charge in [0.2, 0.25) is 0 Å². The Morgan fingerprint density at radius 2 is 2.00 bits per heavy atom. The molecule has 20 heavy (non-hydrogen) atoms. The third kappa shape index (κ3) is 2.18. The van der Waals surface area contributed by atoms with Gasteiger partial charge in [-0.15, -0.1) is 11.3 Å². The number of aryl methyl sites for hydroxylation is 1. The molecule has 0 spiro atoms. The molecule has 0 aliphatic carbocycles. The standard InChI is InChI=1S/C14H18BrNO3S/c1-7-11(15)12(19-2)13(20-7)14(18)16-8-3-4-9(16)6-10(17)5-8/h8-10,17H,3-6H2,1-2H3. The minimum absolute atomic E-state index is 0.0556. The number of piperidine rings is 1. The molecule has 0 saturated carbocycles. The van der Waals surface area contributed by atoms with Crippen LogP contribution in [0.25, 0.3) is 0 Å². The average molecular weight is 360 g/mol. The highest BCUT2D eigenvalue weighted by atomic mass is 79.9. The molecule has 3 rings (SSSR count). The summed E-state index contributed by atoms with van der Waals surface area (Å²) in [6.45, 7) is 1.97. The summed E-state index contributed by atoms with van der Waals surface area (Å²) < 4.78 is 6.26. The Balaban J connectivity index is 1.92. The number of fused-ring (bicyclic) bond motifs is 2. The van der Waals surface area contributed by atoms with Crippen molar-refractivity contribution >= 4 is 33.2 Å². The van der Waals surface area contributed by atoms with E-state index in [1.165, 1.54) is 11.3 Å². The number of halogens is 1. The van der Waals surface area contributed by atoms with Gasteiger partial charge in [0.1, 0.15) is 4.88 Å². The van der Waals surface area contributed by atoms with Crippen molar-refractivity contribution in [2.75, 3.05) is 7.11 Å². The molecule has 2 saturated heterocycles. The highest BCUT2D eigenvalue weighted by Crippen LogP contribution is 2.43. The van der Waals surface area contributed by atoms with Crippen LogP contribution in [0.3, 0.4) is 0 Å². The minimum atomic E-state index is -0.254. The van der Waals surface area contributed by atoms with Crippen molar-refractivity contribution in [3.8, 4) is 5.75 Å². The zero-order valence-electron chi connectivity index (χ0n) is 11.6. The van der Waals surface area contributed by atoms with Crippen LogP contribution < -0.4 is 4.74 Å². The van der Waals surface area contributed by atoms with Crippen LogP contribution >= 0.6 is 27.3 Å². The van der Waals surface area contributed by atoms with Crippen molar-refractivity contribution in [1.82, 2.24) is 4.90 Å². The first-order valence-corrected chi connectivity index (χ1v) is 8.47. The lowest BCUT2D eigenvalue weighted by molar-refractivity contribution is 0.0288. The smallest absolute Gasteiger partial charge is 0.268 e. The third-order valence-electron chi connectivity index (χ3n) is 4.31. The number of hydrogen-bond donors (Lipinski definition) is 1. The van der Waals surface area contributed by atoms with Gasteiger partial charge in [0, 0.05) is 17.0 Å². The molecule has 1 amide bonds. The van der Waals surface area contributed by atoms with Gasteiger partial charge in [0.05, 0.1) is 17.7 Å². The van der Waals surface area contributed by atoms with Crippen molar-refractivity contribution in [3.63, 3.8) is 0 Å². The normalized spacial score (nSPS) is 28.8. The lowest BCUT2D eigenvalue weighted by Crippen LogP contribution is -2.47. The molecular weight excluding hydrogens is 342 g/mol. The van der Waals surface area contributed by atoms with Crippen molar-refractivity contribution in [2.24, 2.45) is 0 Å². The van der Waals surface area contributed by atoms with Gasteiger partial charge in [-0.25, -0.2) is 0 Å². The molecule has 110 valence electrons. The lowest BCUT2D eigenvalue weighted by atomic mass is 9.99. The molecule has 0 radical (unpaired) electrons. The van der Waals surface area contributed by atoms with Crippen LogP contribution in [0.4, 0.5) is 0 Å². The number of hydrogen-bond acceptors (Lipinski definition) is 4. The molecule has 2 atom stereocenters. The molecule has 2 fully saturated rings. The number of aliphatic hydroxyl groups excluding tert-OH is 1. The highest BCUT2D eigenvalue weighted by molar-refractivity contribution is 9.10. The van der Waals surface area contributed by atoms with Gasteiger partial charge in [-0.2, -0.15) is 0 Å². The first-order valence-electron chi connectivity index (χ1n) is 6.86. The monoisotopic (exact) mass is 359 g/mol. The Morgan fingerprint density at radius 1 is 1.40 bits per heavy atom. The molecule has 0 aromatic carbocycles. The number of amides is 1. The fourth-order valence-corrected chi connectivity index (χ4v) is 5.12. The highest BCUT2D eigenvalue weighted by Gasteiger charge is 2.44. The van der Waals surface area contributed by atoms with Gasteiger partial charge >= 0.3 is 0 Å². The van der Waals surface area contributed by atoms with Gasteiger partial charge in [-0.1, -0.05) is 0 Å². The Morgan fingerprint density at radius 3 is 2.55 bits per heavy atom. The zero-order chi connectivity index (χ0) is 14.4. The fraction of sp³-hybridized carbons (Fsp3) is 0.643. The number of carbonyl (C=O) groups is 1.